The van der Waals surface area contributed by atoms with E-state index >= 15 is 0 Å². The SMILES string of the molecule is CCCCCC=[C]CC=CCCCCCOc1ccccc1. The number of benzene rings is 1. The van der Waals surface area contributed by atoms with E-state index in [2.05, 4.69) is 31.2 Å². The molecular formula is C21H31O. The third-order valence-corrected chi connectivity index (χ3v) is 3.53. The minimum atomic E-state index is 0.821. The lowest BCUT2D eigenvalue weighted by Gasteiger charge is -2.04. The molecule has 0 aliphatic heterocycles. The third kappa shape index (κ3) is 11.2. The number of unbranched alkanes of at least 4 members (excludes halogenated alkanes) is 6. The van der Waals surface area contributed by atoms with Gasteiger partial charge in [-0.1, -0.05) is 56.2 Å². The maximum Gasteiger partial charge on any atom is 0.119 e. The van der Waals surface area contributed by atoms with Crippen LogP contribution in [0.2, 0.25) is 0 Å². The van der Waals surface area contributed by atoms with Gasteiger partial charge in [0.25, 0.3) is 0 Å². The lowest BCUT2D eigenvalue weighted by atomic mass is 10.1. The van der Waals surface area contributed by atoms with Crippen LogP contribution in [-0.4, -0.2) is 6.61 Å². The van der Waals surface area contributed by atoms with E-state index in [1.54, 1.807) is 0 Å². The van der Waals surface area contributed by atoms with E-state index in [0.717, 1.165) is 25.2 Å². The number of ether oxygens (including phenoxy) is 1. The third-order valence-electron chi connectivity index (χ3n) is 3.53. The Balaban J connectivity index is 1.85. The topological polar surface area (TPSA) is 9.23 Å². The van der Waals surface area contributed by atoms with E-state index in [4.69, 9.17) is 4.74 Å². The van der Waals surface area contributed by atoms with Crippen LogP contribution < -0.4 is 4.74 Å². The first kappa shape index (κ1) is 18.5. The van der Waals surface area contributed by atoms with Crippen molar-refractivity contribution < 1.29 is 4.74 Å². The van der Waals surface area contributed by atoms with Gasteiger partial charge in [0.05, 0.1) is 6.61 Å². The fraction of sp³-hybridized carbons (Fsp3) is 0.524. The van der Waals surface area contributed by atoms with E-state index in [-0.39, 0.29) is 0 Å². The molecule has 0 heterocycles. The standard InChI is InChI=1S/C21H31O/c1-2-3-4-5-6-7-8-9-10-11-12-13-17-20-22-21-18-15-14-16-19-21/h6,9-10,14-16,18-19H,2-5,8,11-13,17,20H2,1H3. The molecule has 1 aromatic rings. The highest BCUT2D eigenvalue weighted by atomic mass is 16.5. The summed E-state index contributed by atoms with van der Waals surface area (Å²) in [7, 11) is 0. The van der Waals surface area contributed by atoms with Gasteiger partial charge in [0.2, 0.25) is 0 Å². The number of para-hydroxylation sites is 1. The molecule has 0 aromatic heterocycles. The molecule has 1 nitrogen and oxygen atoms in total. The lowest BCUT2D eigenvalue weighted by Crippen LogP contribution is -1.96. The van der Waals surface area contributed by atoms with Crippen LogP contribution in [0.5, 0.6) is 5.75 Å². The van der Waals surface area contributed by atoms with Crippen molar-refractivity contribution in [2.75, 3.05) is 6.61 Å². The molecule has 1 radical (unpaired) electrons. The van der Waals surface area contributed by atoms with Crippen molar-refractivity contribution in [2.45, 2.75) is 64.7 Å². The number of allylic oxidation sites excluding steroid dienone is 4. The molecule has 0 unspecified atom stereocenters. The first-order valence-electron chi connectivity index (χ1n) is 8.81. The highest BCUT2D eigenvalue weighted by Gasteiger charge is 1.91. The van der Waals surface area contributed by atoms with Gasteiger partial charge in [-0.3, -0.25) is 0 Å². The summed E-state index contributed by atoms with van der Waals surface area (Å²) in [6, 6.07) is 10.0. The van der Waals surface area contributed by atoms with Gasteiger partial charge in [-0.15, -0.1) is 0 Å². The molecule has 22 heavy (non-hydrogen) atoms. The molecule has 0 amide bonds. The van der Waals surface area contributed by atoms with Gasteiger partial charge in [0, 0.05) is 0 Å². The summed E-state index contributed by atoms with van der Waals surface area (Å²) in [6.07, 6.45) is 20.9. The summed E-state index contributed by atoms with van der Waals surface area (Å²) in [4.78, 5) is 0. The lowest BCUT2D eigenvalue weighted by molar-refractivity contribution is 0.305. The first-order chi connectivity index (χ1) is 10.9. The summed E-state index contributed by atoms with van der Waals surface area (Å²) in [5.74, 6) is 0.976. The van der Waals surface area contributed by atoms with E-state index in [1.807, 2.05) is 30.3 Å². The average molecular weight is 299 g/mol. The summed E-state index contributed by atoms with van der Waals surface area (Å²) in [5.41, 5.74) is 0. The molecule has 0 bridgehead atoms. The fourth-order valence-corrected chi connectivity index (χ4v) is 2.20. The Bertz CT molecular complexity index is 392. The molecule has 1 heteroatoms. The highest BCUT2D eigenvalue weighted by Crippen LogP contribution is 2.09. The summed E-state index contributed by atoms with van der Waals surface area (Å²) >= 11 is 0. The first-order valence-corrected chi connectivity index (χ1v) is 8.81. The van der Waals surface area contributed by atoms with Crippen molar-refractivity contribution in [3.8, 4) is 5.75 Å². The van der Waals surface area contributed by atoms with E-state index in [9.17, 15) is 0 Å². The molecule has 0 saturated heterocycles. The van der Waals surface area contributed by atoms with Crippen LogP contribution in [-0.2, 0) is 0 Å². The van der Waals surface area contributed by atoms with Gasteiger partial charge in [-0.05, 0) is 63.2 Å². The van der Waals surface area contributed by atoms with Crippen LogP contribution in [0.15, 0.2) is 48.6 Å². The van der Waals surface area contributed by atoms with Crippen LogP contribution in [0.25, 0.3) is 0 Å². The molecule has 0 N–H and O–H groups in total. The second-order valence-electron chi connectivity index (χ2n) is 5.59. The Morgan fingerprint density at radius 2 is 1.73 bits per heavy atom. The zero-order valence-corrected chi connectivity index (χ0v) is 14.1. The molecule has 0 saturated carbocycles. The van der Waals surface area contributed by atoms with Gasteiger partial charge >= 0.3 is 0 Å². The molecule has 0 atom stereocenters. The van der Waals surface area contributed by atoms with Crippen LogP contribution >= 0.6 is 0 Å². The molecule has 0 aliphatic carbocycles. The molecule has 0 aliphatic rings. The zero-order valence-electron chi connectivity index (χ0n) is 14.1. The summed E-state index contributed by atoms with van der Waals surface area (Å²) < 4.78 is 5.67. The van der Waals surface area contributed by atoms with Crippen molar-refractivity contribution in [3.05, 3.63) is 54.6 Å². The normalized spacial score (nSPS) is 11.5. The predicted molar refractivity (Wildman–Crippen MR) is 96.1 cm³/mol. The van der Waals surface area contributed by atoms with Gasteiger partial charge in [-0.25, -0.2) is 0 Å². The maximum absolute atomic E-state index is 5.67. The molecule has 1 rings (SSSR count). The van der Waals surface area contributed by atoms with E-state index < -0.39 is 0 Å². The second kappa shape index (κ2) is 14.4. The van der Waals surface area contributed by atoms with Crippen LogP contribution in [0.4, 0.5) is 0 Å². The van der Waals surface area contributed by atoms with E-state index in [0.29, 0.717) is 0 Å². The molecule has 0 spiro atoms. The number of hydrogen-bond acceptors (Lipinski definition) is 1. The number of hydrogen-bond donors (Lipinski definition) is 0. The summed E-state index contributed by atoms with van der Waals surface area (Å²) in [6.45, 7) is 3.06. The van der Waals surface area contributed by atoms with Crippen molar-refractivity contribution in [1.29, 1.82) is 0 Å². The van der Waals surface area contributed by atoms with Crippen molar-refractivity contribution in [1.82, 2.24) is 0 Å². The van der Waals surface area contributed by atoms with Gasteiger partial charge in [0.15, 0.2) is 0 Å². The Labute approximate surface area is 137 Å². The molecule has 121 valence electrons. The van der Waals surface area contributed by atoms with Gasteiger partial charge < -0.3 is 4.74 Å². The van der Waals surface area contributed by atoms with Crippen LogP contribution in [0, 0.1) is 6.08 Å². The number of rotatable bonds is 13. The maximum atomic E-state index is 5.67. The second-order valence-corrected chi connectivity index (χ2v) is 5.59. The van der Waals surface area contributed by atoms with E-state index in [1.165, 1.54) is 44.9 Å². The Morgan fingerprint density at radius 3 is 2.55 bits per heavy atom. The van der Waals surface area contributed by atoms with Crippen LogP contribution in [0.3, 0.4) is 0 Å². The quantitative estimate of drug-likeness (QED) is 0.298. The van der Waals surface area contributed by atoms with Gasteiger partial charge in [-0.2, -0.15) is 0 Å². The smallest absolute Gasteiger partial charge is 0.119 e. The van der Waals surface area contributed by atoms with Crippen molar-refractivity contribution in [2.24, 2.45) is 0 Å². The molecule has 1 aromatic carbocycles. The van der Waals surface area contributed by atoms with Gasteiger partial charge in [0.1, 0.15) is 5.75 Å². The Morgan fingerprint density at radius 1 is 0.909 bits per heavy atom. The zero-order chi connectivity index (χ0) is 15.7. The molecular weight excluding hydrogens is 268 g/mol. The Hall–Kier alpha value is -1.50. The predicted octanol–water partition coefficient (Wildman–Crippen LogP) is 6.51. The summed E-state index contributed by atoms with van der Waals surface area (Å²) in [5, 5.41) is 0. The average Bonchev–Trinajstić information content (AvgIpc) is 2.56. The highest BCUT2D eigenvalue weighted by molar-refractivity contribution is 5.20. The largest absolute Gasteiger partial charge is 0.494 e. The van der Waals surface area contributed by atoms with Crippen LogP contribution in [0.1, 0.15) is 64.7 Å². The van der Waals surface area contributed by atoms with Crippen molar-refractivity contribution >= 4 is 0 Å². The monoisotopic (exact) mass is 299 g/mol. The molecule has 0 fully saturated rings. The fourth-order valence-electron chi connectivity index (χ4n) is 2.20. The van der Waals surface area contributed by atoms with Crippen molar-refractivity contribution in [3.63, 3.8) is 0 Å². The Kier molecular flexibility index (Phi) is 12.2. The minimum Gasteiger partial charge on any atom is -0.494 e. The minimum absolute atomic E-state index is 0.821.